The molecule has 3 saturated heterocycles. The number of unbranched alkanes of at least 4 members (excludes halogenated alkanes) is 1. The number of anilines is 1. The van der Waals surface area contributed by atoms with Crippen LogP contribution in [0.2, 0.25) is 0 Å². The molecule has 3 heterocycles. The second kappa shape index (κ2) is 12.3. The molecule has 0 aliphatic carbocycles. The first kappa shape index (κ1) is 28.8. The number of ether oxygens (including phenoxy) is 2. The van der Waals surface area contributed by atoms with E-state index in [0.717, 1.165) is 12.8 Å². The Hall–Kier alpha value is -3.17. The molecule has 3 amide bonds. The van der Waals surface area contributed by atoms with Crippen molar-refractivity contribution in [2.45, 2.75) is 57.3 Å². The highest BCUT2D eigenvalue weighted by Crippen LogP contribution is 2.59. The molecule has 1 aromatic rings. The minimum Gasteiger partial charge on any atom is -0.494 e. The Morgan fingerprint density at radius 3 is 2.51 bits per heavy atom. The van der Waals surface area contributed by atoms with Crippen molar-refractivity contribution in [1.82, 2.24) is 9.80 Å². The topological polar surface area (TPSA) is 99.6 Å². The summed E-state index contributed by atoms with van der Waals surface area (Å²) in [7, 11) is 0. The molecule has 9 nitrogen and oxygen atoms in total. The van der Waals surface area contributed by atoms with Crippen LogP contribution in [0.3, 0.4) is 0 Å². The van der Waals surface area contributed by atoms with E-state index in [1.54, 1.807) is 22.0 Å². The van der Waals surface area contributed by atoms with E-state index in [1.165, 1.54) is 4.90 Å². The number of carbonyl (C=O) groups is 3. The molecule has 3 fully saturated rings. The van der Waals surface area contributed by atoms with Crippen LogP contribution in [0.15, 0.2) is 49.6 Å². The fourth-order valence-electron chi connectivity index (χ4n) is 6.55. The third-order valence-electron chi connectivity index (χ3n) is 8.14. The van der Waals surface area contributed by atoms with Gasteiger partial charge in [0.2, 0.25) is 17.7 Å². The first-order valence-corrected chi connectivity index (χ1v) is 14.0. The molecule has 1 aromatic carbocycles. The van der Waals surface area contributed by atoms with Crippen molar-refractivity contribution in [1.29, 1.82) is 0 Å². The third kappa shape index (κ3) is 5.10. The smallest absolute Gasteiger partial charge is 0.248 e. The van der Waals surface area contributed by atoms with E-state index in [4.69, 9.17) is 9.47 Å². The van der Waals surface area contributed by atoms with E-state index >= 15 is 0 Å². The van der Waals surface area contributed by atoms with E-state index < -0.39 is 29.6 Å². The van der Waals surface area contributed by atoms with Crippen LogP contribution in [-0.4, -0.2) is 89.8 Å². The van der Waals surface area contributed by atoms with Crippen LogP contribution in [0.5, 0.6) is 5.75 Å². The van der Waals surface area contributed by atoms with Crippen LogP contribution in [0.4, 0.5) is 5.69 Å². The molecule has 3 aliphatic heterocycles. The monoisotopic (exact) mass is 539 g/mol. The highest BCUT2D eigenvalue weighted by atomic mass is 16.5. The summed E-state index contributed by atoms with van der Waals surface area (Å²) in [6, 6.07) is 6.36. The minimum atomic E-state index is -1.10. The van der Waals surface area contributed by atoms with Crippen molar-refractivity contribution >= 4 is 23.4 Å². The normalized spacial score (nSPS) is 26.8. The van der Waals surface area contributed by atoms with Crippen LogP contribution in [0.25, 0.3) is 0 Å². The van der Waals surface area contributed by atoms with E-state index in [0.29, 0.717) is 44.0 Å². The molecular formula is C30H41N3O6. The Morgan fingerprint density at radius 1 is 1.18 bits per heavy atom. The molecule has 1 N–H and O–H groups in total. The quantitative estimate of drug-likeness (QED) is 0.365. The fourth-order valence-corrected chi connectivity index (χ4v) is 6.55. The first-order valence-electron chi connectivity index (χ1n) is 14.0. The lowest BCUT2D eigenvalue weighted by Gasteiger charge is -2.36. The summed E-state index contributed by atoms with van der Waals surface area (Å²) in [5.74, 6) is -1.57. The largest absolute Gasteiger partial charge is 0.494 e. The number of carbonyl (C=O) groups excluding carboxylic acids is 3. The van der Waals surface area contributed by atoms with Crippen LogP contribution in [0.1, 0.15) is 39.5 Å². The van der Waals surface area contributed by atoms with Crippen LogP contribution in [0, 0.1) is 11.8 Å². The Balaban J connectivity index is 1.69. The summed E-state index contributed by atoms with van der Waals surface area (Å²) in [5, 5.41) is 9.83. The molecule has 2 bridgehead atoms. The van der Waals surface area contributed by atoms with Crippen molar-refractivity contribution in [2.75, 3.05) is 44.3 Å². The number of fused-ring (bicyclic) bond motifs is 1. The number of likely N-dealkylation sites (tertiary alicyclic amines) is 1. The molecule has 5 atom stereocenters. The van der Waals surface area contributed by atoms with Gasteiger partial charge in [0.25, 0.3) is 0 Å². The molecule has 1 spiro atoms. The molecule has 212 valence electrons. The van der Waals surface area contributed by atoms with Gasteiger partial charge in [0.05, 0.1) is 31.2 Å². The Bertz CT molecular complexity index is 1070. The standard InChI is InChI=1S/C30H41N3O6/c1-5-9-18-31(16-6-2)29(37)26-30-15-14-23(39-30)24(25(30)28(36)33(26)19-20-34)27(35)32(17-7-3)21-10-12-22(13-11-21)38-8-4/h6-7,10-13,23-26,34H,2-3,5,8-9,14-20H2,1,4H3/t23-,24+,25+,26?,30?/m1/s1. The van der Waals surface area contributed by atoms with Gasteiger partial charge < -0.3 is 29.3 Å². The summed E-state index contributed by atoms with van der Waals surface area (Å²) in [4.78, 5) is 46.9. The zero-order valence-electron chi connectivity index (χ0n) is 23.1. The average molecular weight is 540 g/mol. The number of aliphatic hydroxyl groups is 1. The van der Waals surface area contributed by atoms with Crippen LogP contribution in [-0.2, 0) is 19.1 Å². The summed E-state index contributed by atoms with van der Waals surface area (Å²) in [6.07, 6.45) is 5.70. The number of amides is 3. The number of aliphatic hydroxyl groups excluding tert-OH is 1. The number of hydrogen-bond donors (Lipinski definition) is 1. The lowest BCUT2D eigenvalue weighted by atomic mass is 9.70. The highest BCUT2D eigenvalue weighted by molar-refractivity contribution is 6.03. The van der Waals surface area contributed by atoms with E-state index in [1.807, 2.05) is 31.2 Å². The van der Waals surface area contributed by atoms with E-state index in [2.05, 4.69) is 20.1 Å². The summed E-state index contributed by atoms with van der Waals surface area (Å²) in [5.41, 5.74) is -0.430. The number of β-amino-alcohol motifs (C(OH)–C–C–N with tert-alkyl or cyclic N) is 1. The van der Waals surface area contributed by atoms with E-state index in [-0.39, 0.29) is 37.4 Å². The van der Waals surface area contributed by atoms with Gasteiger partial charge in [0, 0.05) is 31.9 Å². The lowest BCUT2D eigenvalue weighted by molar-refractivity contribution is -0.148. The van der Waals surface area contributed by atoms with Crippen molar-refractivity contribution in [3.8, 4) is 5.75 Å². The van der Waals surface area contributed by atoms with Crippen molar-refractivity contribution in [2.24, 2.45) is 11.8 Å². The van der Waals surface area contributed by atoms with Gasteiger partial charge in [-0.1, -0.05) is 25.5 Å². The van der Waals surface area contributed by atoms with Gasteiger partial charge in [0.15, 0.2) is 0 Å². The van der Waals surface area contributed by atoms with Gasteiger partial charge in [-0.3, -0.25) is 14.4 Å². The molecule has 0 radical (unpaired) electrons. The second-order valence-electron chi connectivity index (χ2n) is 10.4. The molecular weight excluding hydrogens is 498 g/mol. The van der Waals surface area contributed by atoms with Gasteiger partial charge in [-0.25, -0.2) is 0 Å². The predicted molar refractivity (Wildman–Crippen MR) is 148 cm³/mol. The Morgan fingerprint density at radius 2 is 1.90 bits per heavy atom. The zero-order chi connectivity index (χ0) is 28.2. The van der Waals surface area contributed by atoms with Gasteiger partial charge in [-0.05, 0) is 50.5 Å². The Kier molecular flexibility index (Phi) is 9.12. The predicted octanol–water partition coefficient (Wildman–Crippen LogP) is 2.79. The number of rotatable bonds is 14. The van der Waals surface area contributed by atoms with Crippen molar-refractivity contribution in [3.05, 3.63) is 49.6 Å². The molecule has 3 aliphatic rings. The van der Waals surface area contributed by atoms with Crippen LogP contribution < -0.4 is 9.64 Å². The number of benzene rings is 1. The van der Waals surface area contributed by atoms with Gasteiger partial charge in [0.1, 0.15) is 17.4 Å². The third-order valence-corrected chi connectivity index (χ3v) is 8.14. The molecule has 9 heteroatoms. The summed E-state index contributed by atoms with van der Waals surface area (Å²) in [6.45, 7) is 13.0. The van der Waals surface area contributed by atoms with Crippen molar-refractivity contribution in [3.63, 3.8) is 0 Å². The minimum absolute atomic E-state index is 0.00734. The summed E-state index contributed by atoms with van der Waals surface area (Å²) < 4.78 is 12.1. The fraction of sp³-hybridized carbons (Fsp3) is 0.567. The van der Waals surface area contributed by atoms with Gasteiger partial charge >= 0.3 is 0 Å². The SMILES string of the molecule is C=CCN(CCCC)C(=O)C1N(CCO)C(=O)[C@@H]2[C@@H](C(=O)N(CC=C)c3ccc(OCC)cc3)[C@H]3CCC12O3. The zero-order valence-corrected chi connectivity index (χ0v) is 23.1. The maximum Gasteiger partial charge on any atom is 0.248 e. The van der Waals surface area contributed by atoms with Crippen molar-refractivity contribution < 1.29 is 29.0 Å². The molecule has 39 heavy (non-hydrogen) atoms. The second-order valence-corrected chi connectivity index (χ2v) is 10.4. The number of nitrogens with zero attached hydrogens (tertiary/aromatic N) is 3. The van der Waals surface area contributed by atoms with Gasteiger partial charge in [-0.15, -0.1) is 13.2 Å². The summed E-state index contributed by atoms with van der Waals surface area (Å²) >= 11 is 0. The first-order chi connectivity index (χ1) is 18.9. The number of hydrogen-bond acceptors (Lipinski definition) is 6. The maximum absolute atomic E-state index is 14.2. The van der Waals surface area contributed by atoms with E-state index in [9.17, 15) is 19.5 Å². The average Bonchev–Trinajstić information content (AvgIpc) is 3.57. The maximum atomic E-state index is 14.2. The van der Waals surface area contributed by atoms with Crippen LogP contribution >= 0.6 is 0 Å². The molecule has 0 saturated carbocycles. The lowest BCUT2D eigenvalue weighted by Crippen LogP contribution is -2.56. The van der Waals surface area contributed by atoms with Gasteiger partial charge in [-0.2, -0.15) is 0 Å². The Labute approximate surface area is 231 Å². The molecule has 2 unspecified atom stereocenters. The molecule has 0 aromatic heterocycles. The molecule has 4 rings (SSSR count). The highest BCUT2D eigenvalue weighted by Gasteiger charge is 2.74.